The molecule has 0 heterocycles. The minimum absolute atomic E-state index is 0.0189. The van der Waals surface area contributed by atoms with E-state index in [1.165, 1.54) is 0 Å². The molecule has 1 unspecified atom stereocenters. The van der Waals surface area contributed by atoms with E-state index in [1.807, 2.05) is 6.92 Å². The summed E-state index contributed by atoms with van der Waals surface area (Å²) in [5, 5.41) is 0. The van der Waals surface area contributed by atoms with E-state index >= 15 is 0 Å². The number of rotatable bonds is 5. The lowest BCUT2D eigenvalue weighted by atomic mass is 10.2. The van der Waals surface area contributed by atoms with Gasteiger partial charge in [-0.2, -0.15) is 0 Å². The second-order valence-corrected chi connectivity index (χ2v) is 2.77. The molecular weight excluding hydrogens is 156 g/mol. The molecule has 0 aliphatic carbocycles. The Labute approximate surface area is 73.7 Å². The fourth-order valence-electron chi connectivity index (χ4n) is 0.796. The Balaban J connectivity index is 3.75. The van der Waals surface area contributed by atoms with Crippen LogP contribution in [0.2, 0.25) is 0 Å². The van der Waals surface area contributed by atoms with Crippen LogP contribution in [0.15, 0.2) is 0 Å². The molecule has 0 bridgehead atoms. The van der Waals surface area contributed by atoms with Gasteiger partial charge in [-0.25, -0.2) is 0 Å². The molecule has 1 amide bonds. The minimum Gasteiger partial charge on any atom is -0.383 e. The highest BCUT2D eigenvalue weighted by Gasteiger charge is 2.14. The molecule has 0 aromatic carbocycles. The molecule has 72 valence electrons. The van der Waals surface area contributed by atoms with E-state index in [0.29, 0.717) is 19.6 Å². The molecular formula is C8H18N2O2. The highest BCUT2D eigenvalue weighted by Crippen LogP contribution is 1.93. The van der Waals surface area contributed by atoms with Gasteiger partial charge in [0.15, 0.2) is 0 Å². The predicted molar refractivity (Wildman–Crippen MR) is 47.8 cm³/mol. The summed E-state index contributed by atoms with van der Waals surface area (Å²) in [7, 11) is 3.34. The quantitative estimate of drug-likeness (QED) is 0.629. The van der Waals surface area contributed by atoms with Crippen LogP contribution in [0.4, 0.5) is 0 Å². The molecule has 0 fully saturated rings. The molecule has 0 aromatic rings. The van der Waals surface area contributed by atoms with Gasteiger partial charge in [0, 0.05) is 20.7 Å². The second-order valence-electron chi connectivity index (χ2n) is 2.77. The number of nitrogens with two attached hydrogens (primary N) is 1. The van der Waals surface area contributed by atoms with Crippen LogP contribution in [0.1, 0.15) is 13.3 Å². The topological polar surface area (TPSA) is 55.6 Å². The third kappa shape index (κ3) is 3.69. The van der Waals surface area contributed by atoms with Gasteiger partial charge in [0.05, 0.1) is 12.6 Å². The maximum Gasteiger partial charge on any atom is 0.239 e. The SMILES string of the molecule is CCC(N)C(=O)N(C)CCOC. The summed E-state index contributed by atoms with van der Waals surface area (Å²) in [6.45, 7) is 3.05. The van der Waals surface area contributed by atoms with E-state index in [4.69, 9.17) is 10.5 Å². The van der Waals surface area contributed by atoms with Gasteiger partial charge >= 0.3 is 0 Å². The average molecular weight is 174 g/mol. The van der Waals surface area contributed by atoms with Crippen molar-refractivity contribution in [2.24, 2.45) is 5.73 Å². The molecule has 0 aliphatic rings. The first-order valence-electron chi connectivity index (χ1n) is 4.13. The zero-order chi connectivity index (χ0) is 9.56. The lowest BCUT2D eigenvalue weighted by Crippen LogP contribution is -2.42. The molecule has 4 nitrogen and oxygen atoms in total. The molecule has 0 radical (unpaired) electrons. The van der Waals surface area contributed by atoms with Crippen molar-refractivity contribution in [3.8, 4) is 0 Å². The van der Waals surface area contributed by atoms with E-state index in [2.05, 4.69) is 0 Å². The van der Waals surface area contributed by atoms with Crippen molar-refractivity contribution in [3.05, 3.63) is 0 Å². The number of hydrogen-bond acceptors (Lipinski definition) is 3. The zero-order valence-electron chi connectivity index (χ0n) is 8.04. The van der Waals surface area contributed by atoms with Gasteiger partial charge in [-0.05, 0) is 6.42 Å². The first kappa shape index (κ1) is 11.4. The van der Waals surface area contributed by atoms with E-state index in [0.717, 1.165) is 0 Å². The molecule has 0 saturated heterocycles. The summed E-state index contributed by atoms with van der Waals surface area (Å²) in [6, 6.07) is -0.369. The maximum absolute atomic E-state index is 11.3. The molecule has 1 atom stereocenters. The number of methoxy groups -OCH3 is 1. The number of likely N-dealkylation sites (N-methyl/N-ethyl adjacent to an activating group) is 1. The van der Waals surface area contributed by atoms with Crippen LogP contribution in [0.3, 0.4) is 0 Å². The monoisotopic (exact) mass is 174 g/mol. The number of amides is 1. The first-order valence-corrected chi connectivity index (χ1v) is 4.13. The van der Waals surface area contributed by atoms with Gasteiger partial charge in [0.1, 0.15) is 0 Å². The lowest BCUT2D eigenvalue weighted by molar-refractivity contribution is -0.131. The van der Waals surface area contributed by atoms with Gasteiger partial charge in [-0.15, -0.1) is 0 Å². The number of carbonyl (C=O) groups excluding carboxylic acids is 1. The highest BCUT2D eigenvalue weighted by atomic mass is 16.5. The van der Waals surface area contributed by atoms with Gasteiger partial charge in [-0.1, -0.05) is 6.92 Å². The summed E-state index contributed by atoms with van der Waals surface area (Å²) < 4.78 is 4.84. The van der Waals surface area contributed by atoms with Gasteiger partial charge in [0.25, 0.3) is 0 Å². The Morgan fingerprint density at radius 2 is 2.25 bits per heavy atom. The Morgan fingerprint density at radius 3 is 2.67 bits per heavy atom. The van der Waals surface area contributed by atoms with E-state index in [-0.39, 0.29) is 11.9 Å². The largest absolute Gasteiger partial charge is 0.383 e. The third-order valence-corrected chi connectivity index (χ3v) is 1.76. The number of carbonyl (C=O) groups is 1. The third-order valence-electron chi connectivity index (χ3n) is 1.76. The smallest absolute Gasteiger partial charge is 0.239 e. The maximum atomic E-state index is 11.3. The molecule has 4 heteroatoms. The lowest BCUT2D eigenvalue weighted by Gasteiger charge is -2.19. The summed E-state index contributed by atoms with van der Waals surface area (Å²) >= 11 is 0. The van der Waals surface area contributed by atoms with Crippen LogP contribution >= 0.6 is 0 Å². The van der Waals surface area contributed by atoms with Crippen LogP contribution in [0, 0.1) is 0 Å². The number of nitrogens with zero attached hydrogens (tertiary/aromatic N) is 1. The van der Waals surface area contributed by atoms with Gasteiger partial charge in [-0.3, -0.25) is 4.79 Å². The van der Waals surface area contributed by atoms with Crippen molar-refractivity contribution in [2.45, 2.75) is 19.4 Å². The Hall–Kier alpha value is -0.610. The van der Waals surface area contributed by atoms with Crippen molar-refractivity contribution in [1.82, 2.24) is 4.90 Å². The predicted octanol–water partition coefficient (Wildman–Crippen LogP) is -0.171. The fourth-order valence-corrected chi connectivity index (χ4v) is 0.796. The molecule has 2 N–H and O–H groups in total. The summed E-state index contributed by atoms with van der Waals surface area (Å²) in [6.07, 6.45) is 0.677. The van der Waals surface area contributed by atoms with Crippen molar-refractivity contribution in [1.29, 1.82) is 0 Å². The normalized spacial score (nSPS) is 12.7. The van der Waals surface area contributed by atoms with Crippen LogP contribution in [0.5, 0.6) is 0 Å². The summed E-state index contributed by atoms with van der Waals surface area (Å²) in [5.41, 5.74) is 5.56. The molecule has 0 saturated carbocycles. The molecule has 12 heavy (non-hydrogen) atoms. The van der Waals surface area contributed by atoms with Crippen LogP contribution in [-0.2, 0) is 9.53 Å². The fraction of sp³-hybridized carbons (Fsp3) is 0.875. The van der Waals surface area contributed by atoms with E-state index in [1.54, 1.807) is 19.1 Å². The Morgan fingerprint density at radius 1 is 1.67 bits per heavy atom. The molecule has 0 aliphatic heterocycles. The second kappa shape index (κ2) is 5.97. The number of hydrogen-bond donors (Lipinski definition) is 1. The van der Waals surface area contributed by atoms with Crippen LogP contribution in [0.25, 0.3) is 0 Å². The standard InChI is InChI=1S/C8H18N2O2/c1-4-7(9)8(11)10(2)5-6-12-3/h7H,4-6,9H2,1-3H3. The van der Waals surface area contributed by atoms with Crippen molar-refractivity contribution in [3.63, 3.8) is 0 Å². The molecule has 0 aromatic heterocycles. The summed E-state index contributed by atoms with van der Waals surface area (Å²) in [4.78, 5) is 12.9. The average Bonchev–Trinajstić information content (AvgIpc) is 2.11. The van der Waals surface area contributed by atoms with Crippen molar-refractivity contribution >= 4 is 5.91 Å². The minimum atomic E-state index is -0.369. The molecule has 0 spiro atoms. The summed E-state index contributed by atoms with van der Waals surface area (Å²) in [5.74, 6) is -0.0189. The molecule has 0 rings (SSSR count). The van der Waals surface area contributed by atoms with Crippen molar-refractivity contribution in [2.75, 3.05) is 27.3 Å². The van der Waals surface area contributed by atoms with E-state index in [9.17, 15) is 4.79 Å². The van der Waals surface area contributed by atoms with E-state index < -0.39 is 0 Å². The highest BCUT2D eigenvalue weighted by molar-refractivity contribution is 5.81. The van der Waals surface area contributed by atoms with Gasteiger partial charge in [0.2, 0.25) is 5.91 Å². The van der Waals surface area contributed by atoms with Crippen LogP contribution in [-0.4, -0.2) is 44.2 Å². The Kier molecular flexibility index (Phi) is 5.66. The van der Waals surface area contributed by atoms with Gasteiger partial charge < -0.3 is 15.4 Å². The number of ether oxygens (including phenoxy) is 1. The Bertz CT molecular complexity index is 139. The zero-order valence-corrected chi connectivity index (χ0v) is 8.04. The van der Waals surface area contributed by atoms with Crippen molar-refractivity contribution < 1.29 is 9.53 Å². The van der Waals surface area contributed by atoms with Crippen LogP contribution < -0.4 is 5.73 Å². The first-order chi connectivity index (χ1) is 5.63.